The molecule has 0 saturated carbocycles. The van der Waals surface area contributed by atoms with E-state index < -0.39 is 0 Å². The molecule has 0 radical (unpaired) electrons. The van der Waals surface area contributed by atoms with E-state index in [-0.39, 0.29) is 0 Å². The number of aromatic amines is 1. The number of hydrogen-bond acceptors (Lipinski definition) is 2. The van der Waals surface area contributed by atoms with Crippen LogP contribution in [0.3, 0.4) is 0 Å². The molecule has 1 N–H and O–H groups in total. The predicted molar refractivity (Wildman–Crippen MR) is 46.6 cm³/mol. The van der Waals surface area contributed by atoms with Crippen LogP contribution < -0.4 is 0 Å². The van der Waals surface area contributed by atoms with E-state index in [0.29, 0.717) is 5.15 Å². The van der Waals surface area contributed by atoms with Gasteiger partial charge in [0, 0.05) is 12.3 Å². The van der Waals surface area contributed by atoms with Crippen molar-refractivity contribution >= 4 is 38.4 Å². The van der Waals surface area contributed by atoms with Crippen molar-refractivity contribution in [3.8, 4) is 0 Å². The quantitative estimate of drug-likeness (QED) is 0.709. The molecule has 2 aromatic heterocycles. The molecule has 0 amide bonds. The van der Waals surface area contributed by atoms with Gasteiger partial charge >= 0.3 is 0 Å². The van der Waals surface area contributed by atoms with Crippen LogP contribution in [0.25, 0.3) is 10.9 Å². The first-order chi connectivity index (χ1) is 5.27. The van der Waals surface area contributed by atoms with Gasteiger partial charge in [0.1, 0.15) is 9.76 Å². The Balaban J connectivity index is 2.86. The van der Waals surface area contributed by atoms with Crippen LogP contribution in [-0.2, 0) is 0 Å². The van der Waals surface area contributed by atoms with Gasteiger partial charge in [-0.05, 0) is 15.9 Å². The molecule has 0 bridgehead atoms. The zero-order valence-electron chi connectivity index (χ0n) is 5.31. The molecular formula is C6H3BrClN3. The normalized spacial score (nSPS) is 10.7. The molecular weight excluding hydrogens is 229 g/mol. The zero-order chi connectivity index (χ0) is 7.84. The first-order valence-electron chi connectivity index (χ1n) is 2.92. The minimum atomic E-state index is 0.466. The summed E-state index contributed by atoms with van der Waals surface area (Å²) in [5, 5.41) is 8.14. The summed E-state index contributed by atoms with van der Waals surface area (Å²) >= 11 is 8.92. The van der Waals surface area contributed by atoms with E-state index in [4.69, 9.17) is 11.6 Å². The van der Waals surface area contributed by atoms with Crippen molar-refractivity contribution in [3.05, 3.63) is 22.0 Å². The third-order valence-electron chi connectivity index (χ3n) is 1.37. The lowest BCUT2D eigenvalue weighted by Gasteiger charge is -1.87. The molecule has 0 unspecified atom stereocenters. The van der Waals surface area contributed by atoms with E-state index in [1.54, 1.807) is 12.3 Å². The second-order valence-corrected chi connectivity index (χ2v) is 3.21. The van der Waals surface area contributed by atoms with Crippen molar-refractivity contribution in [1.29, 1.82) is 0 Å². The van der Waals surface area contributed by atoms with Crippen molar-refractivity contribution in [2.24, 2.45) is 0 Å². The van der Waals surface area contributed by atoms with Gasteiger partial charge in [-0.15, -0.1) is 0 Å². The van der Waals surface area contributed by atoms with Crippen molar-refractivity contribution < 1.29 is 0 Å². The molecule has 0 saturated heterocycles. The van der Waals surface area contributed by atoms with Crippen LogP contribution in [-0.4, -0.2) is 15.2 Å². The van der Waals surface area contributed by atoms with Crippen LogP contribution in [0.2, 0.25) is 5.15 Å². The average molecular weight is 232 g/mol. The van der Waals surface area contributed by atoms with E-state index in [0.717, 1.165) is 15.5 Å². The van der Waals surface area contributed by atoms with E-state index in [9.17, 15) is 0 Å². The molecule has 2 heterocycles. The topological polar surface area (TPSA) is 41.6 Å². The van der Waals surface area contributed by atoms with Gasteiger partial charge in [0.05, 0.1) is 10.9 Å². The number of halogens is 2. The minimum Gasteiger partial charge on any atom is -0.277 e. The molecule has 0 fully saturated rings. The van der Waals surface area contributed by atoms with E-state index in [2.05, 4.69) is 31.1 Å². The molecule has 0 aromatic carbocycles. The number of hydrogen-bond donors (Lipinski definition) is 1. The predicted octanol–water partition coefficient (Wildman–Crippen LogP) is 2.37. The van der Waals surface area contributed by atoms with E-state index in [1.165, 1.54) is 0 Å². The standard InChI is InChI=1S/C6H3BrClN3/c7-6-3-2-9-5(8)1-4(3)10-11-6/h1-2H,(H,10,11). The first-order valence-corrected chi connectivity index (χ1v) is 4.09. The Morgan fingerprint density at radius 2 is 2.36 bits per heavy atom. The number of fused-ring (bicyclic) bond motifs is 1. The Morgan fingerprint density at radius 1 is 1.55 bits per heavy atom. The molecule has 0 atom stereocenters. The molecule has 56 valence electrons. The SMILES string of the molecule is Clc1cc2[nH]nc(Br)c2cn1. The molecule has 2 rings (SSSR count). The smallest absolute Gasteiger partial charge is 0.137 e. The van der Waals surface area contributed by atoms with Crippen molar-refractivity contribution in [2.45, 2.75) is 0 Å². The highest BCUT2D eigenvalue weighted by Crippen LogP contribution is 2.21. The van der Waals surface area contributed by atoms with Crippen LogP contribution >= 0.6 is 27.5 Å². The molecule has 3 nitrogen and oxygen atoms in total. The summed E-state index contributed by atoms with van der Waals surface area (Å²) in [5.74, 6) is 0. The Kier molecular flexibility index (Phi) is 1.58. The number of nitrogens with zero attached hydrogens (tertiary/aromatic N) is 2. The van der Waals surface area contributed by atoms with Crippen molar-refractivity contribution in [2.75, 3.05) is 0 Å². The van der Waals surface area contributed by atoms with Gasteiger partial charge in [-0.2, -0.15) is 5.10 Å². The first kappa shape index (κ1) is 7.06. The van der Waals surface area contributed by atoms with Gasteiger partial charge < -0.3 is 0 Å². The van der Waals surface area contributed by atoms with Crippen LogP contribution in [0.4, 0.5) is 0 Å². The van der Waals surface area contributed by atoms with E-state index in [1.807, 2.05) is 0 Å². The van der Waals surface area contributed by atoms with Gasteiger partial charge in [-0.3, -0.25) is 5.10 Å². The summed E-state index contributed by atoms with van der Waals surface area (Å²) < 4.78 is 0.761. The number of aromatic nitrogens is 3. The zero-order valence-corrected chi connectivity index (χ0v) is 7.65. The van der Waals surface area contributed by atoms with Gasteiger partial charge in [0.25, 0.3) is 0 Å². The Hall–Kier alpha value is -0.610. The molecule has 5 heteroatoms. The molecule has 0 aliphatic heterocycles. The highest BCUT2D eigenvalue weighted by atomic mass is 79.9. The van der Waals surface area contributed by atoms with Crippen LogP contribution in [0.5, 0.6) is 0 Å². The summed E-state index contributed by atoms with van der Waals surface area (Å²) in [6, 6.07) is 1.73. The summed E-state index contributed by atoms with van der Waals surface area (Å²) in [4.78, 5) is 3.92. The highest BCUT2D eigenvalue weighted by Gasteiger charge is 2.02. The number of rotatable bonds is 0. The molecule has 11 heavy (non-hydrogen) atoms. The summed E-state index contributed by atoms with van der Waals surface area (Å²) in [6.45, 7) is 0. The maximum Gasteiger partial charge on any atom is 0.137 e. The average Bonchev–Trinajstić information content (AvgIpc) is 2.32. The second kappa shape index (κ2) is 2.46. The van der Waals surface area contributed by atoms with Gasteiger partial charge in [0.15, 0.2) is 0 Å². The monoisotopic (exact) mass is 231 g/mol. The summed E-state index contributed by atoms with van der Waals surface area (Å²) in [5.41, 5.74) is 0.886. The fourth-order valence-corrected chi connectivity index (χ4v) is 1.42. The maximum absolute atomic E-state index is 5.65. The van der Waals surface area contributed by atoms with E-state index >= 15 is 0 Å². The lowest BCUT2D eigenvalue weighted by atomic mass is 10.3. The Labute approximate surface area is 75.9 Å². The molecule has 0 spiro atoms. The molecule has 2 aromatic rings. The van der Waals surface area contributed by atoms with Gasteiger partial charge in [0.2, 0.25) is 0 Å². The third kappa shape index (κ3) is 1.12. The number of H-pyrrole nitrogens is 1. The lowest BCUT2D eigenvalue weighted by molar-refractivity contribution is 1.10. The summed E-state index contributed by atoms with van der Waals surface area (Å²) in [6.07, 6.45) is 1.67. The lowest BCUT2D eigenvalue weighted by Crippen LogP contribution is -1.73. The Morgan fingerprint density at radius 3 is 3.18 bits per heavy atom. The Bertz CT molecular complexity index is 398. The number of pyridine rings is 1. The van der Waals surface area contributed by atoms with Crippen LogP contribution in [0.15, 0.2) is 16.9 Å². The van der Waals surface area contributed by atoms with Gasteiger partial charge in [-0.1, -0.05) is 11.6 Å². The van der Waals surface area contributed by atoms with Crippen molar-refractivity contribution in [1.82, 2.24) is 15.2 Å². The van der Waals surface area contributed by atoms with Crippen LogP contribution in [0.1, 0.15) is 0 Å². The minimum absolute atomic E-state index is 0.466. The van der Waals surface area contributed by atoms with Crippen molar-refractivity contribution in [3.63, 3.8) is 0 Å². The van der Waals surface area contributed by atoms with Crippen LogP contribution in [0, 0.1) is 0 Å². The molecule has 0 aliphatic carbocycles. The fraction of sp³-hybridized carbons (Fsp3) is 0. The second-order valence-electron chi connectivity index (χ2n) is 2.07. The maximum atomic E-state index is 5.65. The summed E-state index contributed by atoms with van der Waals surface area (Å²) in [7, 11) is 0. The number of nitrogens with one attached hydrogen (secondary N) is 1. The fourth-order valence-electron chi connectivity index (χ4n) is 0.856. The molecule has 0 aliphatic rings. The van der Waals surface area contributed by atoms with Gasteiger partial charge in [-0.25, -0.2) is 4.98 Å². The highest BCUT2D eigenvalue weighted by molar-refractivity contribution is 9.10. The third-order valence-corrected chi connectivity index (χ3v) is 2.18. The largest absolute Gasteiger partial charge is 0.277 e.